The van der Waals surface area contributed by atoms with Gasteiger partial charge < -0.3 is 10.0 Å². The van der Waals surface area contributed by atoms with E-state index in [0.717, 1.165) is 30.2 Å². The highest BCUT2D eigenvalue weighted by Crippen LogP contribution is 2.46. The molecule has 1 aliphatic carbocycles. The van der Waals surface area contributed by atoms with Crippen molar-refractivity contribution in [3.63, 3.8) is 0 Å². The lowest BCUT2D eigenvalue weighted by atomic mass is 9.77. The summed E-state index contributed by atoms with van der Waals surface area (Å²) in [4.78, 5) is 7.13. The highest BCUT2D eigenvalue weighted by Gasteiger charge is 2.37. The van der Waals surface area contributed by atoms with E-state index in [0.29, 0.717) is 5.41 Å². The number of aromatic nitrogens is 2. The molecule has 1 N–H and O–H groups in total. The number of hydrogen-bond acceptors (Lipinski definition) is 3. The number of piperidine rings is 1. The van der Waals surface area contributed by atoms with E-state index in [-0.39, 0.29) is 6.61 Å². The lowest BCUT2D eigenvalue weighted by molar-refractivity contribution is 0.225. The summed E-state index contributed by atoms with van der Waals surface area (Å²) in [5, 5.41) is 9.75. The Morgan fingerprint density at radius 2 is 1.86 bits per heavy atom. The Balaban J connectivity index is 1.62. The van der Waals surface area contributed by atoms with E-state index in [9.17, 15) is 5.11 Å². The highest BCUT2D eigenvalue weighted by molar-refractivity contribution is 5.56. The maximum absolute atomic E-state index is 9.75. The van der Waals surface area contributed by atoms with Crippen LogP contribution in [-0.2, 0) is 6.61 Å². The Morgan fingerprint density at radius 3 is 2.57 bits per heavy atom. The summed E-state index contributed by atoms with van der Waals surface area (Å²) >= 11 is 0. The monoisotopic (exact) mass is 285 g/mol. The van der Waals surface area contributed by atoms with Gasteiger partial charge in [0.25, 0.3) is 0 Å². The Hall–Kier alpha value is -1.55. The van der Waals surface area contributed by atoms with E-state index < -0.39 is 0 Å². The van der Waals surface area contributed by atoms with E-state index in [2.05, 4.69) is 4.90 Å². The van der Waals surface area contributed by atoms with Gasteiger partial charge >= 0.3 is 0 Å². The molecule has 4 nitrogen and oxygen atoms in total. The van der Waals surface area contributed by atoms with E-state index in [1.807, 2.05) is 28.8 Å². The fourth-order valence-corrected chi connectivity index (χ4v) is 4.25. The zero-order chi connectivity index (χ0) is 14.3. The molecule has 0 bridgehead atoms. The Labute approximate surface area is 125 Å². The molecule has 4 heteroatoms. The van der Waals surface area contributed by atoms with Gasteiger partial charge in [-0.25, -0.2) is 4.98 Å². The van der Waals surface area contributed by atoms with Gasteiger partial charge in [-0.2, -0.15) is 0 Å². The third-order valence-corrected chi connectivity index (χ3v) is 5.55. The van der Waals surface area contributed by atoms with Crippen molar-refractivity contribution in [2.24, 2.45) is 5.41 Å². The average Bonchev–Trinajstić information content (AvgIpc) is 3.12. The minimum atomic E-state index is 0.0438. The number of aliphatic hydroxyl groups is 1. The average molecular weight is 285 g/mol. The fourth-order valence-electron chi connectivity index (χ4n) is 4.25. The topological polar surface area (TPSA) is 40.8 Å². The normalized spacial score (nSPS) is 21.5. The van der Waals surface area contributed by atoms with Gasteiger partial charge in [0.15, 0.2) is 5.82 Å². The first-order valence-electron chi connectivity index (χ1n) is 8.13. The molecule has 1 saturated carbocycles. The molecule has 2 aliphatic rings. The summed E-state index contributed by atoms with van der Waals surface area (Å²) in [5.74, 6) is 0.983. The molecule has 1 aliphatic heterocycles. The largest absolute Gasteiger partial charge is 0.390 e. The third-order valence-electron chi connectivity index (χ3n) is 5.55. The van der Waals surface area contributed by atoms with Crippen molar-refractivity contribution in [1.29, 1.82) is 0 Å². The number of aliphatic hydroxyl groups excluding tert-OH is 1. The van der Waals surface area contributed by atoms with Crippen LogP contribution < -0.4 is 4.90 Å². The van der Waals surface area contributed by atoms with Crippen LogP contribution in [0.25, 0.3) is 5.65 Å². The van der Waals surface area contributed by atoms with Crippen LogP contribution in [0.1, 0.15) is 44.2 Å². The number of imidazole rings is 1. The van der Waals surface area contributed by atoms with Gasteiger partial charge in [0.05, 0.1) is 12.3 Å². The molecule has 3 heterocycles. The third kappa shape index (κ3) is 2.13. The van der Waals surface area contributed by atoms with Crippen LogP contribution in [0.5, 0.6) is 0 Å². The van der Waals surface area contributed by atoms with Crippen molar-refractivity contribution in [3.05, 3.63) is 30.1 Å². The Kier molecular flexibility index (Phi) is 3.14. The lowest BCUT2D eigenvalue weighted by Gasteiger charge is -2.39. The van der Waals surface area contributed by atoms with Crippen molar-refractivity contribution in [2.75, 3.05) is 18.0 Å². The maximum atomic E-state index is 9.75. The highest BCUT2D eigenvalue weighted by atomic mass is 16.3. The second-order valence-electron chi connectivity index (χ2n) is 6.66. The number of hydrogen-bond donors (Lipinski definition) is 1. The summed E-state index contributed by atoms with van der Waals surface area (Å²) in [6, 6.07) is 5.99. The predicted molar refractivity (Wildman–Crippen MR) is 83.5 cm³/mol. The van der Waals surface area contributed by atoms with Crippen molar-refractivity contribution in [3.8, 4) is 0 Å². The number of pyridine rings is 1. The molecule has 0 amide bonds. The number of rotatable bonds is 2. The van der Waals surface area contributed by atoms with Gasteiger partial charge in [0.2, 0.25) is 0 Å². The van der Waals surface area contributed by atoms with Gasteiger partial charge in [-0.15, -0.1) is 0 Å². The molecule has 112 valence electrons. The zero-order valence-corrected chi connectivity index (χ0v) is 12.5. The van der Waals surface area contributed by atoms with Crippen molar-refractivity contribution in [1.82, 2.24) is 9.38 Å². The smallest absolute Gasteiger partial charge is 0.153 e. The molecule has 2 aromatic rings. The molecular weight excluding hydrogens is 262 g/mol. The van der Waals surface area contributed by atoms with Gasteiger partial charge in [-0.1, -0.05) is 18.9 Å². The van der Waals surface area contributed by atoms with Crippen LogP contribution in [-0.4, -0.2) is 27.6 Å². The number of nitrogens with zero attached hydrogens (tertiary/aromatic N) is 3. The first kappa shape index (κ1) is 13.1. The van der Waals surface area contributed by atoms with Gasteiger partial charge in [0, 0.05) is 19.3 Å². The molecule has 4 rings (SSSR count). The van der Waals surface area contributed by atoms with Gasteiger partial charge in [-0.05, 0) is 43.2 Å². The van der Waals surface area contributed by atoms with Crippen LogP contribution in [0.15, 0.2) is 24.4 Å². The minimum Gasteiger partial charge on any atom is -0.390 e. The molecule has 0 aromatic carbocycles. The lowest BCUT2D eigenvalue weighted by Crippen LogP contribution is -2.39. The standard InChI is InChI=1S/C17H23N3O/c21-13-14-16(18-15-5-1-4-10-20(14)15)19-11-8-17(9-12-19)6-2-3-7-17/h1,4-5,10,21H,2-3,6-9,11-13H2. The summed E-state index contributed by atoms with van der Waals surface area (Å²) in [6.07, 6.45) is 10.2. The summed E-state index contributed by atoms with van der Waals surface area (Å²) in [7, 11) is 0. The first-order valence-corrected chi connectivity index (χ1v) is 8.13. The van der Waals surface area contributed by atoms with Crippen LogP contribution in [0.4, 0.5) is 5.82 Å². The molecule has 2 fully saturated rings. The second kappa shape index (κ2) is 5.02. The molecule has 1 saturated heterocycles. The fraction of sp³-hybridized carbons (Fsp3) is 0.588. The number of fused-ring (bicyclic) bond motifs is 1. The van der Waals surface area contributed by atoms with Crippen molar-refractivity contribution in [2.45, 2.75) is 45.1 Å². The summed E-state index contributed by atoms with van der Waals surface area (Å²) < 4.78 is 2.01. The Morgan fingerprint density at radius 1 is 1.10 bits per heavy atom. The zero-order valence-electron chi connectivity index (χ0n) is 12.5. The van der Waals surface area contributed by atoms with E-state index in [4.69, 9.17) is 4.98 Å². The molecule has 1 spiro atoms. The van der Waals surface area contributed by atoms with E-state index >= 15 is 0 Å². The maximum Gasteiger partial charge on any atom is 0.153 e. The number of anilines is 1. The van der Waals surface area contributed by atoms with E-state index in [1.54, 1.807) is 0 Å². The van der Waals surface area contributed by atoms with Crippen molar-refractivity contribution < 1.29 is 5.11 Å². The van der Waals surface area contributed by atoms with Crippen LogP contribution in [0.3, 0.4) is 0 Å². The summed E-state index contributed by atoms with van der Waals surface area (Å²) in [5.41, 5.74) is 2.47. The second-order valence-corrected chi connectivity index (χ2v) is 6.66. The van der Waals surface area contributed by atoms with Crippen LogP contribution >= 0.6 is 0 Å². The van der Waals surface area contributed by atoms with Gasteiger partial charge in [0.1, 0.15) is 5.65 Å². The molecule has 0 atom stereocenters. The van der Waals surface area contributed by atoms with E-state index in [1.165, 1.54) is 38.5 Å². The molecule has 2 aromatic heterocycles. The molecule has 21 heavy (non-hydrogen) atoms. The van der Waals surface area contributed by atoms with Crippen LogP contribution in [0.2, 0.25) is 0 Å². The van der Waals surface area contributed by atoms with Crippen LogP contribution in [0, 0.1) is 5.41 Å². The summed E-state index contributed by atoms with van der Waals surface area (Å²) in [6.45, 7) is 2.20. The van der Waals surface area contributed by atoms with Crippen molar-refractivity contribution >= 4 is 11.5 Å². The quantitative estimate of drug-likeness (QED) is 0.922. The molecule has 0 radical (unpaired) electrons. The predicted octanol–water partition coefficient (Wildman–Crippen LogP) is 2.99. The van der Waals surface area contributed by atoms with Gasteiger partial charge in [-0.3, -0.25) is 4.40 Å². The minimum absolute atomic E-state index is 0.0438. The molecule has 0 unspecified atom stereocenters. The first-order chi connectivity index (χ1) is 10.3. The molecular formula is C17H23N3O. The Bertz CT molecular complexity index is 633. The SMILES string of the molecule is OCc1c(N2CCC3(CCCC3)CC2)nc2ccccn12.